The zero-order valence-electron chi connectivity index (χ0n) is 19.2. The number of carbonyl (C=O) groups excluding carboxylic acids is 1. The molecule has 4 aromatic rings. The molecule has 7 heteroatoms. The standard InChI is InChI=1S/C26H27N5O2/c1-17-5-10-24(29-14-17)31-15-22(30-25(31)26(2,3)4)19-11-12-28-21(13-19)18-6-8-20(9-7-18)33-16-23(27)32/h5-15H,16H2,1-4H3,(H2,27,32). The minimum absolute atomic E-state index is 0.151. The maximum atomic E-state index is 10.9. The Hall–Kier alpha value is -4.00. The Bertz CT molecular complexity index is 1270. The van der Waals surface area contributed by atoms with Crippen LogP contribution >= 0.6 is 0 Å². The number of primary amides is 1. The quantitative estimate of drug-likeness (QED) is 0.476. The van der Waals surface area contributed by atoms with Crippen molar-refractivity contribution in [2.24, 2.45) is 5.73 Å². The van der Waals surface area contributed by atoms with Crippen molar-refractivity contribution >= 4 is 5.91 Å². The summed E-state index contributed by atoms with van der Waals surface area (Å²) in [6.07, 6.45) is 5.67. The van der Waals surface area contributed by atoms with Gasteiger partial charge in [-0.1, -0.05) is 26.8 Å². The summed E-state index contributed by atoms with van der Waals surface area (Å²) in [5, 5.41) is 0. The van der Waals surface area contributed by atoms with Gasteiger partial charge in [0, 0.05) is 35.1 Å². The van der Waals surface area contributed by atoms with E-state index in [9.17, 15) is 4.79 Å². The van der Waals surface area contributed by atoms with Crippen LogP contribution < -0.4 is 10.5 Å². The number of nitrogens with zero attached hydrogens (tertiary/aromatic N) is 4. The van der Waals surface area contributed by atoms with Gasteiger partial charge in [0.15, 0.2) is 6.61 Å². The predicted octanol–water partition coefficient (Wildman–Crippen LogP) is 4.47. The number of pyridine rings is 2. The van der Waals surface area contributed by atoms with Crippen molar-refractivity contribution in [3.05, 3.63) is 78.5 Å². The number of hydrogen-bond donors (Lipinski definition) is 1. The van der Waals surface area contributed by atoms with Crippen LogP contribution in [0, 0.1) is 6.92 Å². The first-order valence-corrected chi connectivity index (χ1v) is 10.7. The Morgan fingerprint density at radius 1 is 1.00 bits per heavy atom. The summed E-state index contributed by atoms with van der Waals surface area (Å²) in [6, 6.07) is 15.4. The molecule has 0 spiro atoms. The molecule has 4 rings (SSSR count). The first kappa shape index (κ1) is 22.2. The van der Waals surface area contributed by atoms with Crippen LogP contribution in [0.1, 0.15) is 32.2 Å². The molecule has 168 valence electrons. The average Bonchev–Trinajstić information content (AvgIpc) is 3.25. The summed E-state index contributed by atoms with van der Waals surface area (Å²) < 4.78 is 7.39. The van der Waals surface area contributed by atoms with Crippen LogP contribution in [0.25, 0.3) is 28.3 Å². The highest BCUT2D eigenvalue weighted by atomic mass is 16.5. The highest BCUT2D eigenvalue weighted by Gasteiger charge is 2.23. The van der Waals surface area contributed by atoms with Gasteiger partial charge in [0.1, 0.15) is 17.4 Å². The Morgan fingerprint density at radius 2 is 1.76 bits per heavy atom. The molecule has 0 unspecified atom stereocenters. The second-order valence-corrected chi connectivity index (χ2v) is 8.97. The van der Waals surface area contributed by atoms with E-state index in [0.29, 0.717) is 5.75 Å². The van der Waals surface area contributed by atoms with Crippen molar-refractivity contribution in [3.63, 3.8) is 0 Å². The van der Waals surface area contributed by atoms with Crippen LogP contribution in [-0.2, 0) is 10.2 Å². The molecule has 0 aliphatic carbocycles. The predicted molar refractivity (Wildman–Crippen MR) is 128 cm³/mol. The lowest BCUT2D eigenvalue weighted by atomic mass is 9.95. The van der Waals surface area contributed by atoms with Crippen molar-refractivity contribution in [2.75, 3.05) is 6.61 Å². The Labute approximate surface area is 193 Å². The lowest BCUT2D eigenvalue weighted by Gasteiger charge is -2.19. The van der Waals surface area contributed by atoms with E-state index in [0.717, 1.165) is 39.7 Å². The monoisotopic (exact) mass is 441 g/mol. The van der Waals surface area contributed by atoms with Gasteiger partial charge in [-0.2, -0.15) is 0 Å². The number of carbonyl (C=O) groups is 1. The number of nitrogens with two attached hydrogens (primary N) is 1. The molecule has 1 amide bonds. The largest absolute Gasteiger partial charge is 0.484 e. The molecule has 3 heterocycles. The van der Waals surface area contributed by atoms with Crippen LogP contribution in [0.4, 0.5) is 0 Å². The molecule has 0 radical (unpaired) electrons. The minimum Gasteiger partial charge on any atom is -0.484 e. The second kappa shape index (κ2) is 8.86. The van der Waals surface area contributed by atoms with Gasteiger partial charge in [0.25, 0.3) is 5.91 Å². The van der Waals surface area contributed by atoms with E-state index in [-0.39, 0.29) is 12.0 Å². The zero-order valence-corrected chi connectivity index (χ0v) is 19.2. The first-order valence-electron chi connectivity index (χ1n) is 10.7. The zero-order chi connectivity index (χ0) is 23.6. The van der Waals surface area contributed by atoms with Crippen molar-refractivity contribution in [2.45, 2.75) is 33.1 Å². The minimum atomic E-state index is -0.511. The van der Waals surface area contributed by atoms with Crippen molar-refractivity contribution in [1.29, 1.82) is 0 Å². The first-order chi connectivity index (χ1) is 15.7. The van der Waals surface area contributed by atoms with E-state index in [4.69, 9.17) is 15.5 Å². The van der Waals surface area contributed by atoms with Crippen LogP contribution in [0.2, 0.25) is 0 Å². The molecule has 0 aliphatic rings. The van der Waals surface area contributed by atoms with Crippen molar-refractivity contribution in [1.82, 2.24) is 19.5 Å². The molecule has 1 aromatic carbocycles. The summed E-state index contributed by atoms with van der Waals surface area (Å²) >= 11 is 0. The Balaban J connectivity index is 1.68. The summed E-state index contributed by atoms with van der Waals surface area (Å²) in [4.78, 5) is 25.0. The molecule has 0 aliphatic heterocycles. The number of benzene rings is 1. The fraction of sp³-hybridized carbons (Fsp3) is 0.231. The van der Waals surface area contributed by atoms with E-state index in [1.807, 2.05) is 49.6 Å². The topological polar surface area (TPSA) is 95.9 Å². The Kier molecular flexibility index (Phi) is 5.96. The fourth-order valence-corrected chi connectivity index (χ4v) is 3.45. The van der Waals surface area contributed by atoms with Gasteiger partial charge in [0.2, 0.25) is 0 Å². The molecule has 3 aromatic heterocycles. The smallest absolute Gasteiger partial charge is 0.255 e. The van der Waals surface area contributed by atoms with Crippen LogP contribution in [-0.4, -0.2) is 32.0 Å². The van der Waals surface area contributed by atoms with Crippen molar-refractivity contribution in [3.8, 4) is 34.1 Å². The third kappa shape index (κ3) is 5.09. The van der Waals surface area contributed by atoms with E-state index in [1.54, 1.807) is 18.3 Å². The fourth-order valence-electron chi connectivity index (χ4n) is 3.45. The van der Waals surface area contributed by atoms with E-state index < -0.39 is 5.91 Å². The summed E-state index contributed by atoms with van der Waals surface area (Å²) in [6.45, 7) is 8.30. The third-order valence-corrected chi connectivity index (χ3v) is 5.11. The summed E-state index contributed by atoms with van der Waals surface area (Å²) in [7, 11) is 0. The number of aryl methyl sites for hydroxylation is 1. The second-order valence-electron chi connectivity index (χ2n) is 8.97. The number of rotatable bonds is 6. The number of amides is 1. The highest BCUT2D eigenvalue weighted by Crippen LogP contribution is 2.30. The summed E-state index contributed by atoms with van der Waals surface area (Å²) in [5.74, 6) is 1.84. The van der Waals surface area contributed by atoms with E-state index in [2.05, 4.69) is 41.4 Å². The van der Waals surface area contributed by atoms with Gasteiger partial charge in [-0.05, 0) is 55.0 Å². The molecule has 0 atom stereocenters. The SMILES string of the molecule is Cc1ccc(-n2cc(-c3ccnc(-c4ccc(OCC(N)=O)cc4)c3)nc2C(C)(C)C)nc1. The van der Waals surface area contributed by atoms with Crippen LogP contribution in [0.5, 0.6) is 5.75 Å². The van der Waals surface area contributed by atoms with Crippen molar-refractivity contribution < 1.29 is 9.53 Å². The molecule has 7 nitrogen and oxygen atoms in total. The molecule has 0 saturated carbocycles. The lowest BCUT2D eigenvalue weighted by Crippen LogP contribution is -2.19. The summed E-state index contributed by atoms with van der Waals surface area (Å²) in [5.41, 5.74) is 9.64. The molecular weight excluding hydrogens is 414 g/mol. The Morgan fingerprint density at radius 3 is 2.39 bits per heavy atom. The molecular formula is C26H27N5O2. The highest BCUT2D eigenvalue weighted by molar-refractivity contribution is 5.75. The number of aromatic nitrogens is 4. The molecule has 33 heavy (non-hydrogen) atoms. The van der Waals surface area contributed by atoms with Crippen LogP contribution in [0.15, 0.2) is 67.1 Å². The van der Waals surface area contributed by atoms with Gasteiger partial charge in [-0.3, -0.25) is 14.3 Å². The molecule has 2 N–H and O–H groups in total. The van der Waals surface area contributed by atoms with E-state index >= 15 is 0 Å². The van der Waals surface area contributed by atoms with Crippen LogP contribution in [0.3, 0.4) is 0 Å². The van der Waals surface area contributed by atoms with Gasteiger partial charge in [0.05, 0.1) is 11.4 Å². The van der Waals surface area contributed by atoms with Gasteiger partial charge in [-0.15, -0.1) is 0 Å². The third-order valence-electron chi connectivity index (χ3n) is 5.11. The number of hydrogen-bond acceptors (Lipinski definition) is 5. The van der Waals surface area contributed by atoms with Gasteiger partial charge in [-0.25, -0.2) is 9.97 Å². The maximum Gasteiger partial charge on any atom is 0.255 e. The maximum absolute atomic E-state index is 10.9. The number of ether oxygens (including phenoxy) is 1. The molecule has 0 fully saturated rings. The number of imidazole rings is 1. The molecule has 0 saturated heterocycles. The average molecular weight is 442 g/mol. The van der Waals surface area contributed by atoms with Gasteiger partial charge < -0.3 is 10.5 Å². The molecule has 0 bridgehead atoms. The lowest BCUT2D eigenvalue weighted by molar-refractivity contribution is -0.119. The normalized spacial score (nSPS) is 11.4. The van der Waals surface area contributed by atoms with E-state index in [1.165, 1.54) is 0 Å². The van der Waals surface area contributed by atoms with Gasteiger partial charge >= 0.3 is 0 Å².